The van der Waals surface area contributed by atoms with Crippen LogP contribution in [0.3, 0.4) is 0 Å². The van der Waals surface area contributed by atoms with Crippen molar-refractivity contribution in [2.24, 2.45) is 0 Å². The van der Waals surface area contributed by atoms with Gasteiger partial charge in [0.25, 0.3) is 0 Å². The number of nitrogen functional groups attached to an aromatic ring is 3. The summed E-state index contributed by atoms with van der Waals surface area (Å²) in [5.41, 5.74) is 27.4. The number of rotatable bonds is 15. The van der Waals surface area contributed by atoms with E-state index in [1.54, 1.807) is 0 Å². The van der Waals surface area contributed by atoms with Gasteiger partial charge in [-0.2, -0.15) is 0 Å². The molecule has 0 radical (unpaired) electrons. The summed E-state index contributed by atoms with van der Waals surface area (Å²) < 4.78 is 0. The highest BCUT2D eigenvalue weighted by atomic mass is 35.5. The van der Waals surface area contributed by atoms with Crippen molar-refractivity contribution in [2.75, 3.05) is 37.3 Å². The Morgan fingerprint density at radius 3 is 1.05 bits per heavy atom. The molecule has 0 heterocycles. The summed E-state index contributed by atoms with van der Waals surface area (Å²) in [6.45, 7) is 12.3. The molecule has 0 fully saturated rings. The lowest BCUT2D eigenvalue weighted by atomic mass is 10.1. The molecule has 6 aromatic rings. The molecular formula is C48H59ClN6. The fraction of sp³-hybridized carbons (Fsp3) is 0.250. The number of anilines is 3. The van der Waals surface area contributed by atoms with Crippen molar-refractivity contribution in [1.29, 1.82) is 0 Å². The monoisotopic (exact) mass is 754 g/mol. The predicted octanol–water partition coefficient (Wildman–Crippen LogP) is 10.5. The Kier molecular flexibility index (Phi) is 18.3. The van der Waals surface area contributed by atoms with E-state index in [4.69, 9.17) is 28.8 Å². The Balaban J connectivity index is 0.000000184. The van der Waals surface area contributed by atoms with Gasteiger partial charge in [-0.25, -0.2) is 0 Å². The number of hydrogen-bond donors (Lipinski definition) is 3. The largest absolute Gasteiger partial charge is 0.399 e. The van der Waals surface area contributed by atoms with Crippen LogP contribution in [0.2, 0.25) is 5.02 Å². The first-order valence-corrected chi connectivity index (χ1v) is 19.6. The predicted molar refractivity (Wildman–Crippen MR) is 236 cm³/mol. The van der Waals surface area contributed by atoms with Gasteiger partial charge >= 0.3 is 0 Å². The van der Waals surface area contributed by atoms with Gasteiger partial charge in [0.2, 0.25) is 0 Å². The lowest BCUT2D eigenvalue weighted by Gasteiger charge is -2.22. The fourth-order valence-corrected chi connectivity index (χ4v) is 6.27. The second kappa shape index (κ2) is 23.6. The number of halogens is 1. The molecule has 288 valence electrons. The molecule has 0 spiro atoms. The third-order valence-electron chi connectivity index (χ3n) is 9.05. The summed E-state index contributed by atoms with van der Waals surface area (Å²) in [6.07, 6.45) is 1.17. The zero-order chi connectivity index (χ0) is 39.3. The Bertz CT molecular complexity index is 1840. The van der Waals surface area contributed by atoms with Gasteiger partial charge in [0.1, 0.15) is 0 Å². The molecule has 6 rings (SSSR count). The lowest BCUT2D eigenvalue weighted by Crippen LogP contribution is -2.23. The van der Waals surface area contributed by atoms with Gasteiger partial charge in [0, 0.05) is 61.4 Å². The Morgan fingerprint density at radius 2 is 0.709 bits per heavy atom. The first kappa shape index (κ1) is 42.6. The van der Waals surface area contributed by atoms with Crippen LogP contribution in [0.25, 0.3) is 0 Å². The lowest BCUT2D eigenvalue weighted by molar-refractivity contribution is 0.257. The molecule has 0 aliphatic carbocycles. The molecule has 0 aliphatic rings. The molecule has 55 heavy (non-hydrogen) atoms. The van der Waals surface area contributed by atoms with E-state index in [1.807, 2.05) is 48.5 Å². The van der Waals surface area contributed by atoms with Crippen LogP contribution in [0.4, 0.5) is 17.1 Å². The molecule has 0 saturated heterocycles. The summed E-state index contributed by atoms with van der Waals surface area (Å²) in [7, 11) is 2.10. The summed E-state index contributed by atoms with van der Waals surface area (Å²) >= 11 is 5.87. The van der Waals surface area contributed by atoms with Crippen LogP contribution >= 0.6 is 11.6 Å². The van der Waals surface area contributed by atoms with Crippen LogP contribution < -0.4 is 17.2 Å². The van der Waals surface area contributed by atoms with E-state index in [1.165, 1.54) is 39.8 Å². The quantitative estimate of drug-likeness (QED) is 0.0905. The third-order valence-corrected chi connectivity index (χ3v) is 9.31. The van der Waals surface area contributed by atoms with Crippen LogP contribution in [-0.4, -0.2) is 34.8 Å². The Labute approximate surface area is 335 Å². The van der Waals surface area contributed by atoms with E-state index in [-0.39, 0.29) is 0 Å². The van der Waals surface area contributed by atoms with Crippen LogP contribution in [0.5, 0.6) is 0 Å². The van der Waals surface area contributed by atoms with Crippen molar-refractivity contribution in [1.82, 2.24) is 14.7 Å². The standard InChI is InChI=1S/C17H22N2.C16H20N2.C15H17ClN2/c1-2-12-19(13-15-6-4-3-5-7-15)14-16-8-10-17(18)11-9-16;1-2-18(12-14-6-4-3-5-7-14)13-15-8-10-16(17)11-9-15;1-18(10-12-2-6-14(16)7-3-12)11-13-4-8-15(17)9-5-13/h3-11H,2,12-14,18H2,1H3;3-11H,2,12-13,17H2,1H3;2-9H,10-11,17H2,1H3. The highest BCUT2D eigenvalue weighted by Crippen LogP contribution is 2.15. The molecule has 0 bridgehead atoms. The Morgan fingerprint density at radius 1 is 0.400 bits per heavy atom. The summed E-state index contributed by atoms with van der Waals surface area (Å²) in [5.74, 6) is 0. The maximum Gasteiger partial charge on any atom is 0.0406 e. The number of hydrogen-bond acceptors (Lipinski definition) is 6. The minimum Gasteiger partial charge on any atom is -0.399 e. The van der Waals surface area contributed by atoms with Gasteiger partial charge in [-0.3, -0.25) is 14.7 Å². The van der Waals surface area contributed by atoms with Gasteiger partial charge in [0.15, 0.2) is 0 Å². The molecule has 0 aromatic heterocycles. The first-order valence-electron chi connectivity index (χ1n) is 19.2. The average molecular weight is 755 g/mol. The normalized spacial score (nSPS) is 10.8. The average Bonchev–Trinajstić information content (AvgIpc) is 3.19. The zero-order valence-corrected chi connectivity index (χ0v) is 33.6. The van der Waals surface area contributed by atoms with E-state index in [0.29, 0.717) is 0 Å². The zero-order valence-electron chi connectivity index (χ0n) is 32.8. The van der Waals surface area contributed by atoms with Gasteiger partial charge in [-0.15, -0.1) is 0 Å². The van der Waals surface area contributed by atoms with Crippen LogP contribution in [-0.2, 0) is 39.3 Å². The molecule has 0 unspecified atom stereocenters. The second-order valence-corrected chi connectivity index (χ2v) is 14.4. The summed E-state index contributed by atoms with van der Waals surface area (Å²) in [4.78, 5) is 7.15. The first-order chi connectivity index (χ1) is 26.7. The second-order valence-electron chi connectivity index (χ2n) is 14.0. The van der Waals surface area contributed by atoms with Crippen LogP contribution in [0, 0.1) is 0 Å². The summed E-state index contributed by atoms with van der Waals surface area (Å²) in [5, 5.41) is 0.778. The van der Waals surface area contributed by atoms with Crippen LogP contribution in [0.1, 0.15) is 53.6 Å². The van der Waals surface area contributed by atoms with Crippen LogP contribution in [0.15, 0.2) is 158 Å². The van der Waals surface area contributed by atoms with Gasteiger partial charge in [-0.05, 0) is 108 Å². The van der Waals surface area contributed by atoms with Gasteiger partial charge in [0.05, 0.1) is 0 Å². The molecule has 0 aliphatic heterocycles. The molecule has 6 aromatic carbocycles. The van der Waals surface area contributed by atoms with E-state index < -0.39 is 0 Å². The summed E-state index contributed by atoms with van der Waals surface area (Å²) in [6, 6.07) is 53.5. The minimum atomic E-state index is 0.778. The minimum absolute atomic E-state index is 0.778. The molecule has 0 amide bonds. The molecule has 6 N–H and O–H groups in total. The molecule has 0 saturated carbocycles. The van der Waals surface area contributed by atoms with Crippen molar-refractivity contribution in [3.63, 3.8) is 0 Å². The number of nitrogens with two attached hydrogens (primary N) is 3. The van der Waals surface area contributed by atoms with E-state index in [0.717, 1.165) is 74.4 Å². The maximum absolute atomic E-state index is 5.87. The molecular weight excluding hydrogens is 696 g/mol. The fourth-order valence-electron chi connectivity index (χ4n) is 6.15. The Hall–Kier alpha value is -5.11. The molecule has 0 atom stereocenters. The number of nitrogens with zero attached hydrogens (tertiary/aromatic N) is 3. The van der Waals surface area contributed by atoms with E-state index in [9.17, 15) is 0 Å². The molecule has 7 heteroatoms. The maximum atomic E-state index is 5.87. The third kappa shape index (κ3) is 16.8. The topological polar surface area (TPSA) is 87.8 Å². The highest BCUT2D eigenvalue weighted by molar-refractivity contribution is 6.30. The molecule has 6 nitrogen and oxygen atoms in total. The van der Waals surface area contributed by atoms with Crippen molar-refractivity contribution in [3.8, 4) is 0 Å². The highest BCUT2D eigenvalue weighted by Gasteiger charge is 2.07. The van der Waals surface area contributed by atoms with E-state index >= 15 is 0 Å². The van der Waals surface area contributed by atoms with Crippen molar-refractivity contribution >= 4 is 28.7 Å². The smallest absolute Gasteiger partial charge is 0.0406 e. The van der Waals surface area contributed by atoms with Crippen molar-refractivity contribution < 1.29 is 0 Å². The SMILES string of the molecule is CCCN(Cc1ccccc1)Cc1ccc(N)cc1.CCN(Cc1ccccc1)Cc1ccc(N)cc1.CN(Cc1ccc(N)cc1)Cc1ccc(Cl)cc1. The van der Waals surface area contributed by atoms with E-state index in [2.05, 4.69) is 145 Å². The van der Waals surface area contributed by atoms with Gasteiger partial charge in [-0.1, -0.05) is 135 Å². The van der Waals surface area contributed by atoms with Crippen molar-refractivity contribution in [2.45, 2.75) is 59.5 Å². The number of benzene rings is 6. The van der Waals surface area contributed by atoms with Crippen molar-refractivity contribution in [3.05, 3.63) is 196 Å². The van der Waals surface area contributed by atoms with Gasteiger partial charge < -0.3 is 17.2 Å².